The minimum atomic E-state index is -4.65. The van der Waals surface area contributed by atoms with Gasteiger partial charge in [0.2, 0.25) is 0 Å². The van der Waals surface area contributed by atoms with E-state index in [1.54, 1.807) is 0 Å². The second-order valence-corrected chi connectivity index (χ2v) is 2.70. The first-order valence-corrected chi connectivity index (χ1v) is 4.02. The molecule has 0 spiro atoms. The Hall–Kier alpha value is -1.80. The van der Waals surface area contributed by atoms with Crippen molar-refractivity contribution in [2.24, 2.45) is 7.05 Å². The van der Waals surface area contributed by atoms with Crippen LogP contribution in [-0.2, 0) is 22.8 Å². The van der Waals surface area contributed by atoms with E-state index in [2.05, 4.69) is 19.6 Å². The van der Waals surface area contributed by atoms with E-state index in [-0.39, 0.29) is 0 Å². The minimum absolute atomic E-state index is 0.405. The Morgan fingerprint density at radius 2 is 2.12 bits per heavy atom. The highest BCUT2D eigenvalue weighted by Gasteiger charge is 2.37. The van der Waals surface area contributed by atoms with Gasteiger partial charge in [-0.2, -0.15) is 18.2 Å². The molecular formula is C7H8F3N3O3. The topological polar surface area (TPSA) is 66.2 Å². The van der Waals surface area contributed by atoms with Crippen molar-refractivity contribution in [3.8, 4) is 6.01 Å². The number of ether oxygens (including phenoxy) is 2. The first kappa shape index (κ1) is 12.3. The van der Waals surface area contributed by atoms with E-state index in [0.29, 0.717) is 0 Å². The van der Waals surface area contributed by atoms with E-state index in [9.17, 15) is 18.0 Å². The van der Waals surface area contributed by atoms with E-state index >= 15 is 0 Å². The Balaban J connectivity index is 2.75. The Bertz CT molecular complexity index is 388. The third-order valence-electron chi connectivity index (χ3n) is 1.52. The van der Waals surface area contributed by atoms with E-state index in [4.69, 9.17) is 0 Å². The maximum absolute atomic E-state index is 12.2. The van der Waals surface area contributed by atoms with Crippen LogP contribution in [0.15, 0.2) is 0 Å². The van der Waals surface area contributed by atoms with Crippen LogP contribution in [0.4, 0.5) is 13.2 Å². The highest BCUT2D eigenvalue weighted by molar-refractivity contribution is 5.70. The second kappa shape index (κ2) is 4.37. The number of halogens is 3. The summed E-state index contributed by atoms with van der Waals surface area (Å²) in [4.78, 5) is 13.8. The standard InChI is InChI=1S/C7H8F3N3O3/c1-13-6(16-3-4(14)15-2)11-5(12-13)7(8,9)10/h3H2,1-2H3. The molecule has 0 aliphatic carbocycles. The number of hydrogen-bond acceptors (Lipinski definition) is 5. The zero-order valence-electron chi connectivity index (χ0n) is 8.41. The van der Waals surface area contributed by atoms with Crippen molar-refractivity contribution in [2.45, 2.75) is 6.18 Å². The molecule has 1 heterocycles. The first-order valence-electron chi connectivity index (χ1n) is 4.02. The van der Waals surface area contributed by atoms with Gasteiger partial charge in [0.05, 0.1) is 7.11 Å². The third kappa shape index (κ3) is 2.84. The van der Waals surface area contributed by atoms with Gasteiger partial charge in [0, 0.05) is 7.05 Å². The van der Waals surface area contributed by atoms with E-state index in [0.717, 1.165) is 11.8 Å². The molecule has 0 saturated heterocycles. The summed E-state index contributed by atoms with van der Waals surface area (Å²) >= 11 is 0. The summed E-state index contributed by atoms with van der Waals surface area (Å²) in [6, 6.07) is -0.405. The Kier molecular flexibility index (Phi) is 3.35. The summed E-state index contributed by atoms with van der Waals surface area (Å²) in [6.45, 7) is -0.527. The normalized spacial score (nSPS) is 11.3. The summed E-state index contributed by atoms with van der Waals surface area (Å²) in [5.74, 6) is -2.05. The van der Waals surface area contributed by atoms with Gasteiger partial charge in [-0.3, -0.25) is 0 Å². The molecule has 0 radical (unpaired) electrons. The number of rotatable bonds is 3. The number of carbonyl (C=O) groups excluding carboxylic acids is 1. The van der Waals surface area contributed by atoms with Gasteiger partial charge in [-0.05, 0) is 0 Å². The highest BCUT2D eigenvalue weighted by atomic mass is 19.4. The molecule has 1 rings (SSSR count). The largest absolute Gasteiger partial charge is 0.466 e. The van der Waals surface area contributed by atoms with Gasteiger partial charge in [0.1, 0.15) is 0 Å². The molecule has 1 aromatic heterocycles. The van der Waals surface area contributed by atoms with Gasteiger partial charge in [-0.1, -0.05) is 0 Å². The highest BCUT2D eigenvalue weighted by Crippen LogP contribution is 2.27. The molecule has 0 aliphatic heterocycles. The Morgan fingerprint density at radius 1 is 1.50 bits per heavy atom. The van der Waals surface area contributed by atoms with E-state index in [1.807, 2.05) is 0 Å². The molecule has 0 bridgehead atoms. The van der Waals surface area contributed by atoms with Crippen LogP contribution >= 0.6 is 0 Å². The Morgan fingerprint density at radius 3 is 2.56 bits per heavy atom. The maximum Gasteiger partial charge on any atom is 0.453 e. The van der Waals surface area contributed by atoms with Crippen LogP contribution in [0.25, 0.3) is 0 Å². The first-order chi connectivity index (χ1) is 7.34. The number of aryl methyl sites for hydroxylation is 1. The lowest BCUT2D eigenvalue weighted by Gasteiger charge is -2.01. The molecule has 90 valence electrons. The third-order valence-corrected chi connectivity index (χ3v) is 1.52. The lowest BCUT2D eigenvalue weighted by atomic mass is 10.6. The molecule has 16 heavy (non-hydrogen) atoms. The lowest BCUT2D eigenvalue weighted by molar-refractivity contribution is -0.145. The fraction of sp³-hybridized carbons (Fsp3) is 0.571. The van der Waals surface area contributed by atoms with Crippen molar-refractivity contribution in [3.05, 3.63) is 5.82 Å². The number of alkyl halides is 3. The molecule has 0 N–H and O–H groups in total. The zero-order valence-corrected chi connectivity index (χ0v) is 8.41. The van der Waals surface area contributed by atoms with E-state index in [1.165, 1.54) is 7.05 Å². The molecule has 0 fully saturated rings. The number of esters is 1. The van der Waals surface area contributed by atoms with Gasteiger partial charge in [-0.15, -0.1) is 5.10 Å². The molecule has 0 unspecified atom stereocenters. The van der Waals surface area contributed by atoms with Crippen LogP contribution < -0.4 is 4.74 Å². The molecule has 0 aliphatic rings. The van der Waals surface area contributed by atoms with Crippen LogP contribution in [0, 0.1) is 0 Å². The van der Waals surface area contributed by atoms with Crippen molar-refractivity contribution >= 4 is 5.97 Å². The van der Waals surface area contributed by atoms with Crippen LogP contribution in [0.2, 0.25) is 0 Å². The SMILES string of the molecule is COC(=O)COc1nc(C(F)(F)F)nn1C. The monoisotopic (exact) mass is 239 g/mol. The number of hydrogen-bond donors (Lipinski definition) is 0. The molecule has 0 atom stereocenters. The smallest absolute Gasteiger partial charge is 0.453 e. The predicted molar refractivity (Wildman–Crippen MR) is 43.5 cm³/mol. The molecule has 9 heteroatoms. The average molecular weight is 239 g/mol. The van der Waals surface area contributed by atoms with Crippen LogP contribution in [0.1, 0.15) is 5.82 Å². The lowest BCUT2D eigenvalue weighted by Crippen LogP contribution is -2.14. The molecule has 0 aromatic carbocycles. The zero-order chi connectivity index (χ0) is 12.3. The number of nitrogens with zero attached hydrogens (tertiary/aromatic N) is 3. The van der Waals surface area contributed by atoms with Crippen LogP contribution in [0.3, 0.4) is 0 Å². The predicted octanol–water partition coefficient (Wildman–Crippen LogP) is 0.386. The molecule has 0 amide bonds. The minimum Gasteiger partial charge on any atom is -0.466 e. The van der Waals surface area contributed by atoms with Crippen molar-refractivity contribution in [1.82, 2.24) is 14.8 Å². The summed E-state index contributed by atoms with van der Waals surface area (Å²) in [5.41, 5.74) is 0. The van der Waals surface area contributed by atoms with Crippen molar-refractivity contribution in [2.75, 3.05) is 13.7 Å². The van der Waals surface area contributed by atoms with Crippen molar-refractivity contribution in [1.29, 1.82) is 0 Å². The Labute approximate surface area is 88.0 Å². The van der Waals surface area contributed by atoms with Gasteiger partial charge in [-0.25, -0.2) is 9.48 Å². The second-order valence-electron chi connectivity index (χ2n) is 2.70. The van der Waals surface area contributed by atoms with Gasteiger partial charge in [0.15, 0.2) is 6.61 Å². The average Bonchev–Trinajstić information content (AvgIpc) is 2.56. The number of aromatic nitrogens is 3. The fourth-order valence-electron chi connectivity index (χ4n) is 0.798. The number of carbonyl (C=O) groups is 1. The number of methoxy groups -OCH3 is 1. The van der Waals surface area contributed by atoms with Crippen molar-refractivity contribution in [3.63, 3.8) is 0 Å². The quantitative estimate of drug-likeness (QED) is 0.713. The van der Waals surface area contributed by atoms with Crippen LogP contribution in [0.5, 0.6) is 6.01 Å². The molecule has 0 saturated carbocycles. The summed E-state index contributed by atoms with van der Waals surface area (Å²) in [5, 5.41) is 3.09. The fourth-order valence-corrected chi connectivity index (χ4v) is 0.798. The molecule has 1 aromatic rings. The molecular weight excluding hydrogens is 231 g/mol. The van der Waals surface area contributed by atoms with Gasteiger partial charge >= 0.3 is 18.2 Å². The van der Waals surface area contributed by atoms with Gasteiger partial charge < -0.3 is 9.47 Å². The summed E-state index contributed by atoms with van der Waals surface area (Å²) < 4.78 is 46.2. The van der Waals surface area contributed by atoms with Crippen molar-refractivity contribution < 1.29 is 27.4 Å². The summed E-state index contributed by atoms with van der Waals surface area (Å²) in [6.07, 6.45) is -4.65. The van der Waals surface area contributed by atoms with Crippen LogP contribution in [-0.4, -0.2) is 34.5 Å². The van der Waals surface area contributed by atoms with E-state index < -0.39 is 30.6 Å². The molecule has 6 nitrogen and oxygen atoms in total. The summed E-state index contributed by atoms with van der Waals surface area (Å²) in [7, 11) is 2.35. The maximum atomic E-state index is 12.2. The van der Waals surface area contributed by atoms with Gasteiger partial charge in [0.25, 0.3) is 5.82 Å².